The maximum absolute atomic E-state index is 10.6. The molecule has 0 fully saturated rings. The molecule has 0 radical (unpaired) electrons. The van der Waals surface area contributed by atoms with Crippen LogP contribution in [-0.2, 0) is 11.8 Å². The molecule has 0 aliphatic heterocycles. The molecule has 0 spiro atoms. The molecule has 0 aromatic heterocycles. The van der Waals surface area contributed by atoms with Crippen molar-refractivity contribution >= 4 is 6.09 Å². The minimum Gasteiger partial charge on any atom is -0.506 e. The molecule has 0 aliphatic carbocycles. The van der Waals surface area contributed by atoms with Gasteiger partial charge >= 0.3 is 6.09 Å². The topological polar surface area (TPSA) is 69.6 Å². The monoisotopic (exact) mass is 337 g/mol. The maximum atomic E-state index is 10.6. The number of hydrogen-bond acceptors (Lipinski definition) is 2. The van der Waals surface area contributed by atoms with E-state index in [0.717, 1.165) is 11.1 Å². The van der Waals surface area contributed by atoms with E-state index in [2.05, 4.69) is 37.9 Å². The molecule has 2 rings (SSSR count). The van der Waals surface area contributed by atoms with Crippen LogP contribution in [0.2, 0.25) is 0 Å². The Balaban J connectivity index is 2.40. The average Bonchev–Trinajstić information content (AvgIpc) is 2.55. The Labute approximate surface area is 148 Å². The molecule has 2 aromatic rings. The molecule has 130 valence electrons. The summed E-state index contributed by atoms with van der Waals surface area (Å²) in [6, 6.07) is 13.4. The molecule has 0 aliphatic rings. The van der Waals surface area contributed by atoms with E-state index in [-0.39, 0.29) is 17.7 Å². The van der Waals surface area contributed by atoms with Crippen molar-refractivity contribution < 1.29 is 15.0 Å². The zero-order valence-electron chi connectivity index (χ0n) is 14.8. The highest BCUT2D eigenvalue weighted by atomic mass is 16.4. The number of amides is 1. The summed E-state index contributed by atoms with van der Waals surface area (Å²) < 4.78 is 0. The largest absolute Gasteiger partial charge is 0.506 e. The van der Waals surface area contributed by atoms with Crippen LogP contribution in [0.4, 0.5) is 4.79 Å². The van der Waals surface area contributed by atoms with Crippen LogP contribution in [0, 0.1) is 11.8 Å². The summed E-state index contributed by atoms with van der Waals surface area (Å²) in [6.45, 7) is 6.51. The Morgan fingerprint density at radius 2 is 1.80 bits per heavy atom. The average molecular weight is 337 g/mol. The summed E-state index contributed by atoms with van der Waals surface area (Å²) in [6.07, 6.45) is -0.669. The van der Waals surface area contributed by atoms with Crippen molar-refractivity contribution in [2.24, 2.45) is 0 Å². The lowest BCUT2D eigenvalue weighted by molar-refractivity contribution is 0.194. The van der Waals surface area contributed by atoms with Gasteiger partial charge in [-0.3, -0.25) is 0 Å². The summed E-state index contributed by atoms with van der Waals surface area (Å²) in [5, 5.41) is 21.6. The van der Waals surface area contributed by atoms with Crippen molar-refractivity contribution in [2.75, 3.05) is 6.54 Å². The van der Waals surface area contributed by atoms with Gasteiger partial charge in [0.05, 0.1) is 5.56 Å². The Morgan fingerprint density at radius 3 is 2.40 bits per heavy atom. The number of carbonyl (C=O) groups is 1. The number of benzene rings is 2. The predicted molar refractivity (Wildman–Crippen MR) is 99.0 cm³/mol. The minimum absolute atomic E-state index is 0.105. The third-order valence-electron chi connectivity index (χ3n) is 3.84. The molecule has 4 nitrogen and oxygen atoms in total. The van der Waals surface area contributed by atoms with Gasteiger partial charge in [-0.2, -0.15) is 0 Å². The molecule has 0 atom stereocenters. The maximum Gasteiger partial charge on any atom is 0.404 e. The summed E-state index contributed by atoms with van der Waals surface area (Å²) in [5.41, 5.74) is 3.07. The third-order valence-corrected chi connectivity index (χ3v) is 3.84. The summed E-state index contributed by atoms with van der Waals surface area (Å²) in [5.74, 6) is 6.22. The highest BCUT2D eigenvalue weighted by Gasteiger charge is 2.18. The van der Waals surface area contributed by atoms with Crippen LogP contribution in [0.25, 0.3) is 0 Å². The van der Waals surface area contributed by atoms with Crippen LogP contribution in [0.1, 0.15) is 43.0 Å². The number of phenols is 1. The van der Waals surface area contributed by atoms with Crippen LogP contribution in [0.15, 0.2) is 42.5 Å². The molecule has 25 heavy (non-hydrogen) atoms. The standard InChI is InChI=1S/C21H23NO3/c1-21(2,3)18-13-16(10-9-15-7-5-4-6-8-15)19(23)17(14-18)11-12-22-20(24)25/h4-8,13-14,22-23H,11-12H2,1-3H3,(H,24,25). The van der Waals surface area contributed by atoms with Crippen molar-refractivity contribution in [3.05, 3.63) is 64.7 Å². The van der Waals surface area contributed by atoms with Crippen molar-refractivity contribution in [1.29, 1.82) is 0 Å². The second-order valence-corrected chi connectivity index (χ2v) is 6.88. The quantitative estimate of drug-likeness (QED) is 0.744. The first-order valence-electron chi connectivity index (χ1n) is 8.17. The molecular formula is C21H23NO3. The van der Waals surface area contributed by atoms with Crippen molar-refractivity contribution in [1.82, 2.24) is 5.32 Å². The Hall–Kier alpha value is -2.93. The highest BCUT2D eigenvalue weighted by molar-refractivity contribution is 5.64. The lowest BCUT2D eigenvalue weighted by atomic mass is 9.84. The van der Waals surface area contributed by atoms with E-state index in [4.69, 9.17) is 5.11 Å². The highest BCUT2D eigenvalue weighted by Crippen LogP contribution is 2.31. The zero-order valence-corrected chi connectivity index (χ0v) is 14.8. The number of aromatic hydroxyl groups is 1. The van der Waals surface area contributed by atoms with Gasteiger partial charge in [-0.15, -0.1) is 0 Å². The minimum atomic E-state index is -1.07. The number of phenolic OH excluding ortho intramolecular Hbond substituents is 1. The molecule has 4 heteroatoms. The normalized spacial score (nSPS) is 10.7. The fourth-order valence-corrected chi connectivity index (χ4v) is 2.38. The second kappa shape index (κ2) is 7.76. The van der Waals surface area contributed by atoms with Gasteiger partial charge in [-0.1, -0.05) is 56.9 Å². The van der Waals surface area contributed by atoms with Gasteiger partial charge in [0.1, 0.15) is 5.75 Å². The molecule has 0 heterocycles. The van der Waals surface area contributed by atoms with E-state index >= 15 is 0 Å². The third kappa shape index (κ3) is 5.29. The van der Waals surface area contributed by atoms with Crippen molar-refractivity contribution in [3.63, 3.8) is 0 Å². The van der Waals surface area contributed by atoms with E-state index in [0.29, 0.717) is 17.5 Å². The Bertz CT molecular complexity index is 809. The van der Waals surface area contributed by atoms with Gasteiger partial charge in [0.25, 0.3) is 0 Å². The van der Waals surface area contributed by atoms with E-state index < -0.39 is 6.09 Å². The smallest absolute Gasteiger partial charge is 0.404 e. The van der Waals surface area contributed by atoms with Gasteiger partial charge in [0, 0.05) is 12.1 Å². The molecule has 0 saturated heterocycles. The van der Waals surface area contributed by atoms with E-state index in [1.807, 2.05) is 42.5 Å². The molecule has 0 unspecified atom stereocenters. The first-order chi connectivity index (χ1) is 11.8. The predicted octanol–water partition coefficient (Wildman–Crippen LogP) is 3.90. The summed E-state index contributed by atoms with van der Waals surface area (Å²) in [4.78, 5) is 10.6. The van der Waals surface area contributed by atoms with Crippen LogP contribution in [0.5, 0.6) is 5.75 Å². The SMILES string of the molecule is CC(C)(C)c1cc(C#Cc2ccccc2)c(O)c(CCNC(=O)O)c1. The van der Waals surface area contributed by atoms with Crippen molar-refractivity contribution in [2.45, 2.75) is 32.6 Å². The molecule has 1 amide bonds. The van der Waals surface area contributed by atoms with Crippen LogP contribution in [0.3, 0.4) is 0 Å². The Kier molecular flexibility index (Phi) is 5.71. The van der Waals surface area contributed by atoms with E-state index in [1.165, 1.54) is 0 Å². The Morgan fingerprint density at radius 1 is 1.12 bits per heavy atom. The van der Waals surface area contributed by atoms with Crippen molar-refractivity contribution in [3.8, 4) is 17.6 Å². The van der Waals surface area contributed by atoms with E-state index in [1.54, 1.807) is 0 Å². The zero-order chi connectivity index (χ0) is 18.4. The second-order valence-electron chi connectivity index (χ2n) is 6.88. The number of rotatable bonds is 3. The van der Waals surface area contributed by atoms with Gasteiger partial charge in [-0.05, 0) is 41.2 Å². The first-order valence-corrected chi connectivity index (χ1v) is 8.17. The van der Waals surface area contributed by atoms with Crippen LogP contribution < -0.4 is 5.32 Å². The van der Waals surface area contributed by atoms with Gasteiger partial charge < -0.3 is 15.5 Å². The first kappa shape index (κ1) is 18.4. The molecule has 0 bridgehead atoms. The number of carboxylic acid groups (broad SMARTS) is 1. The lowest BCUT2D eigenvalue weighted by Gasteiger charge is -2.21. The number of hydrogen-bond donors (Lipinski definition) is 3. The van der Waals surface area contributed by atoms with Gasteiger partial charge in [-0.25, -0.2) is 4.79 Å². The van der Waals surface area contributed by atoms with Crippen LogP contribution >= 0.6 is 0 Å². The van der Waals surface area contributed by atoms with Crippen LogP contribution in [-0.4, -0.2) is 22.9 Å². The lowest BCUT2D eigenvalue weighted by Crippen LogP contribution is -2.23. The molecule has 2 aromatic carbocycles. The number of nitrogens with one attached hydrogen (secondary N) is 1. The van der Waals surface area contributed by atoms with E-state index in [9.17, 15) is 9.90 Å². The van der Waals surface area contributed by atoms with Gasteiger partial charge in [0.2, 0.25) is 0 Å². The summed E-state index contributed by atoms with van der Waals surface area (Å²) in [7, 11) is 0. The molecular weight excluding hydrogens is 314 g/mol. The fourth-order valence-electron chi connectivity index (χ4n) is 2.38. The molecule has 0 saturated carbocycles. The fraction of sp³-hybridized carbons (Fsp3) is 0.286. The van der Waals surface area contributed by atoms with Gasteiger partial charge in [0.15, 0.2) is 0 Å². The molecule has 3 N–H and O–H groups in total. The summed E-state index contributed by atoms with van der Waals surface area (Å²) >= 11 is 0.